The third-order valence-electron chi connectivity index (χ3n) is 7.01. The molecule has 4 saturated carbocycles. The number of carbonyl (C=O) groups excluding carboxylic acids is 1. The second-order valence-electron chi connectivity index (χ2n) is 8.64. The zero-order valence-corrected chi connectivity index (χ0v) is 15.4. The fraction of sp³-hybridized carbons (Fsp3) is 0.650. The Morgan fingerprint density at radius 2 is 1.41 bits per heavy atom. The minimum absolute atomic E-state index is 0.0963. The molecule has 1 atom stereocenters. The maximum absolute atomic E-state index is 14.2. The topological polar surface area (TPSA) is 38.3 Å². The van der Waals surface area contributed by atoms with E-state index in [1.165, 1.54) is 19.3 Å². The second-order valence-corrected chi connectivity index (χ2v) is 8.64. The maximum Gasteiger partial charge on any atom is 0.257 e. The quantitative estimate of drug-likeness (QED) is 0.608. The Balaban J connectivity index is 1.60. The largest absolute Gasteiger partial charge is 0.491 e. The van der Waals surface area contributed by atoms with Gasteiger partial charge in [-0.05, 0) is 68.6 Å². The molecule has 4 aliphatic carbocycles. The number of halogens is 4. The number of rotatable bonds is 4. The minimum atomic E-state index is -1.74. The number of nitrogens with one attached hydrogen (secondary N) is 1. The molecule has 5 rings (SSSR count). The molecule has 4 bridgehead atoms. The molecule has 0 aliphatic heterocycles. The molecule has 1 N–H and O–H groups in total. The van der Waals surface area contributed by atoms with Gasteiger partial charge in [0.2, 0.25) is 11.6 Å². The molecular formula is C20H23F4NO2. The van der Waals surface area contributed by atoms with Crippen LogP contribution in [0.4, 0.5) is 17.6 Å². The molecule has 4 fully saturated rings. The van der Waals surface area contributed by atoms with Crippen molar-refractivity contribution in [1.82, 2.24) is 5.32 Å². The molecule has 4 aliphatic rings. The van der Waals surface area contributed by atoms with Crippen LogP contribution in [0.25, 0.3) is 0 Å². The summed E-state index contributed by atoms with van der Waals surface area (Å²) in [6.07, 6.45) is 6.61. The van der Waals surface area contributed by atoms with Gasteiger partial charge >= 0.3 is 0 Å². The standard InChI is InChI=1S/C20H23F4NO2/c1-9(20-6-10-3-11(7-20)5-12(4-10)8-20)25-19(26)13-14(21)16(23)18(27-2)17(24)15(13)22/h9-12H,3-8H2,1-2H3,(H,25,26). The van der Waals surface area contributed by atoms with Gasteiger partial charge in [0.05, 0.1) is 7.11 Å². The first kappa shape index (κ1) is 18.6. The molecule has 0 aromatic heterocycles. The van der Waals surface area contributed by atoms with E-state index in [9.17, 15) is 22.4 Å². The Morgan fingerprint density at radius 1 is 0.963 bits per heavy atom. The molecule has 3 nitrogen and oxygen atoms in total. The molecular weight excluding hydrogens is 362 g/mol. The van der Waals surface area contributed by atoms with Crippen molar-refractivity contribution >= 4 is 5.91 Å². The van der Waals surface area contributed by atoms with Crippen LogP contribution in [0.3, 0.4) is 0 Å². The van der Waals surface area contributed by atoms with Crippen molar-refractivity contribution in [3.05, 3.63) is 28.8 Å². The molecule has 1 aromatic rings. The molecule has 0 heterocycles. The summed E-state index contributed by atoms with van der Waals surface area (Å²) in [6, 6.07) is -0.328. The van der Waals surface area contributed by atoms with Crippen LogP contribution in [0, 0.1) is 46.4 Å². The van der Waals surface area contributed by atoms with Crippen molar-refractivity contribution in [2.24, 2.45) is 23.2 Å². The lowest BCUT2D eigenvalue weighted by atomic mass is 9.48. The zero-order chi connectivity index (χ0) is 19.5. The van der Waals surface area contributed by atoms with E-state index in [-0.39, 0.29) is 11.5 Å². The van der Waals surface area contributed by atoms with Crippen molar-refractivity contribution in [2.45, 2.75) is 51.5 Å². The first-order valence-electron chi connectivity index (χ1n) is 9.46. The molecule has 0 radical (unpaired) electrons. The minimum Gasteiger partial charge on any atom is -0.491 e. The highest BCUT2D eigenvalue weighted by Gasteiger charge is 2.53. The zero-order valence-electron chi connectivity index (χ0n) is 15.4. The van der Waals surface area contributed by atoms with Gasteiger partial charge in [-0.2, -0.15) is 8.78 Å². The van der Waals surface area contributed by atoms with Gasteiger partial charge in [-0.25, -0.2) is 8.78 Å². The third kappa shape index (κ3) is 2.81. The lowest BCUT2D eigenvalue weighted by Gasteiger charge is -2.59. The van der Waals surface area contributed by atoms with Crippen molar-refractivity contribution in [3.8, 4) is 5.75 Å². The Hall–Kier alpha value is -1.79. The van der Waals surface area contributed by atoms with Crippen LogP contribution >= 0.6 is 0 Å². The second kappa shape index (κ2) is 6.38. The van der Waals surface area contributed by atoms with Gasteiger partial charge in [-0.3, -0.25) is 4.79 Å². The summed E-state index contributed by atoms with van der Waals surface area (Å²) in [7, 11) is 0.898. The van der Waals surface area contributed by atoms with Crippen molar-refractivity contribution in [3.63, 3.8) is 0 Å². The van der Waals surface area contributed by atoms with E-state index in [0.717, 1.165) is 26.4 Å². The summed E-state index contributed by atoms with van der Waals surface area (Å²) >= 11 is 0. The van der Waals surface area contributed by atoms with Crippen LogP contribution in [-0.4, -0.2) is 19.1 Å². The van der Waals surface area contributed by atoms with E-state index in [1.54, 1.807) is 0 Å². The van der Waals surface area contributed by atoms with Gasteiger partial charge in [-0.15, -0.1) is 0 Å². The summed E-state index contributed by atoms with van der Waals surface area (Å²) in [6.45, 7) is 1.83. The number of methoxy groups -OCH3 is 1. The Morgan fingerprint density at radius 3 is 1.81 bits per heavy atom. The summed E-state index contributed by atoms with van der Waals surface area (Å²) in [5, 5.41) is 2.63. The lowest BCUT2D eigenvalue weighted by Crippen LogP contribution is -2.56. The number of ether oxygens (including phenoxy) is 1. The average Bonchev–Trinajstić information content (AvgIpc) is 2.59. The third-order valence-corrected chi connectivity index (χ3v) is 7.01. The van der Waals surface area contributed by atoms with Gasteiger partial charge in [0.25, 0.3) is 5.91 Å². The maximum atomic E-state index is 14.2. The van der Waals surface area contributed by atoms with E-state index >= 15 is 0 Å². The number of hydrogen-bond acceptors (Lipinski definition) is 2. The molecule has 1 aromatic carbocycles. The highest BCUT2D eigenvalue weighted by Crippen LogP contribution is 2.61. The molecule has 0 spiro atoms. The fourth-order valence-electron chi connectivity index (χ4n) is 6.12. The van der Waals surface area contributed by atoms with Crippen molar-refractivity contribution in [2.75, 3.05) is 7.11 Å². The molecule has 1 unspecified atom stereocenters. The van der Waals surface area contributed by atoms with Crippen molar-refractivity contribution in [1.29, 1.82) is 0 Å². The highest BCUT2D eigenvalue weighted by atomic mass is 19.2. The van der Waals surface area contributed by atoms with E-state index in [2.05, 4.69) is 10.1 Å². The Labute approximate surface area is 155 Å². The smallest absolute Gasteiger partial charge is 0.257 e. The van der Waals surface area contributed by atoms with Gasteiger partial charge in [0.15, 0.2) is 17.4 Å². The average molecular weight is 385 g/mol. The summed E-state index contributed by atoms with van der Waals surface area (Å²) < 4.78 is 60.7. The van der Waals surface area contributed by atoms with Crippen LogP contribution in [0.15, 0.2) is 0 Å². The van der Waals surface area contributed by atoms with Crippen LogP contribution in [0.1, 0.15) is 55.8 Å². The molecule has 7 heteroatoms. The normalized spacial score (nSPS) is 32.4. The van der Waals surface area contributed by atoms with Gasteiger partial charge in [-0.1, -0.05) is 0 Å². The van der Waals surface area contributed by atoms with Gasteiger partial charge < -0.3 is 10.1 Å². The first-order chi connectivity index (χ1) is 12.8. The Kier molecular flexibility index (Phi) is 4.39. The van der Waals surface area contributed by atoms with E-state index in [1.807, 2.05) is 6.92 Å². The molecule has 0 saturated heterocycles. The van der Waals surface area contributed by atoms with Crippen molar-refractivity contribution < 1.29 is 27.1 Å². The SMILES string of the molecule is COc1c(F)c(F)c(C(=O)NC(C)C23CC4CC(CC(C4)C2)C3)c(F)c1F. The summed E-state index contributed by atoms with van der Waals surface area (Å²) in [5.41, 5.74) is -1.33. The lowest BCUT2D eigenvalue weighted by molar-refractivity contribution is -0.0688. The predicted molar refractivity (Wildman–Crippen MR) is 90.4 cm³/mol. The van der Waals surface area contributed by atoms with E-state index in [4.69, 9.17) is 0 Å². The van der Waals surface area contributed by atoms with E-state index in [0.29, 0.717) is 17.8 Å². The summed E-state index contributed by atoms with van der Waals surface area (Å²) in [4.78, 5) is 12.5. The number of amides is 1. The van der Waals surface area contributed by atoms with Crippen LogP contribution in [0.2, 0.25) is 0 Å². The van der Waals surface area contributed by atoms with Crippen LogP contribution in [-0.2, 0) is 0 Å². The van der Waals surface area contributed by atoms with E-state index < -0.39 is 40.5 Å². The van der Waals surface area contributed by atoms with Gasteiger partial charge in [0, 0.05) is 6.04 Å². The highest BCUT2D eigenvalue weighted by molar-refractivity contribution is 5.95. The number of carbonyl (C=O) groups is 1. The van der Waals surface area contributed by atoms with Crippen LogP contribution in [0.5, 0.6) is 5.75 Å². The van der Waals surface area contributed by atoms with Gasteiger partial charge in [0.1, 0.15) is 5.56 Å². The number of benzene rings is 1. The Bertz CT molecular complexity index is 730. The van der Waals surface area contributed by atoms with Crippen LogP contribution < -0.4 is 10.1 Å². The predicted octanol–water partition coefficient (Wildman–Crippen LogP) is 4.59. The summed E-state index contributed by atoms with van der Waals surface area (Å²) in [5.74, 6) is -7.26. The number of hydrogen-bond donors (Lipinski definition) is 1. The molecule has 27 heavy (non-hydrogen) atoms. The fourth-order valence-corrected chi connectivity index (χ4v) is 6.12. The first-order valence-corrected chi connectivity index (χ1v) is 9.46. The molecule has 1 amide bonds. The molecule has 148 valence electrons. The monoisotopic (exact) mass is 385 g/mol.